The Bertz CT molecular complexity index is 2810. The molecule has 5 amide bonds. The van der Waals surface area contributed by atoms with Crippen LogP contribution in [0.1, 0.15) is 150 Å². The van der Waals surface area contributed by atoms with Gasteiger partial charge in [0.15, 0.2) is 0 Å². The Morgan fingerprint density at radius 2 is 1.57 bits per heavy atom. The first-order chi connectivity index (χ1) is 33.8. The Hall–Kier alpha value is -6.61. The van der Waals surface area contributed by atoms with E-state index in [9.17, 15) is 28.8 Å². The summed E-state index contributed by atoms with van der Waals surface area (Å²) in [5, 5.41) is 6.20. The van der Waals surface area contributed by atoms with Crippen molar-refractivity contribution in [3.8, 4) is 16.9 Å². The summed E-state index contributed by atoms with van der Waals surface area (Å²) in [6.07, 6.45) is 15.4. The van der Waals surface area contributed by atoms with E-state index in [4.69, 9.17) is 9.72 Å². The van der Waals surface area contributed by atoms with Crippen molar-refractivity contribution in [2.45, 2.75) is 130 Å². The van der Waals surface area contributed by atoms with Crippen LogP contribution >= 0.6 is 0 Å². The Morgan fingerprint density at radius 1 is 0.843 bits per heavy atom. The highest BCUT2D eigenvalue weighted by Crippen LogP contribution is 2.36. The number of ether oxygens (including phenoxy) is 1. The van der Waals surface area contributed by atoms with Crippen molar-refractivity contribution in [1.82, 2.24) is 35.0 Å². The predicted molar refractivity (Wildman–Crippen MR) is 271 cm³/mol. The summed E-state index contributed by atoms with van der Waals surface area (Å²) in [4.78, 5) is 90.8. The van der Waals surface area contributed by atoms with Gasteiger partial charge in [-0.2, -0.15) is 0 Å². The molecule has 2 atom stereocenters. The third-order valence-corrected chi connectivity index (χ3v) is 14.4. The molecule has 0 radical (unpaired) electrons. The number of piperazine rings is 1. The minimum atomic E-state index is -0.999. The summed E-state index contributed by atoms with van der Waals surface area (Å²) in [5.74, 6) is -1.01. The lowest BCUT2D eigenvalue weighted by molar-refractivity contribution is -0.136. The first-order valence-electron chi connectivity index (χ1n) is 25.4. The van der Waals surface area contributed by atoms with Gasteiger partial charge in [0.25, 0.3) is 23.3 Å². The Kier molecular flexibility index (Phi) is 16.0. The van der Waals surface area contributed by atoms with Gasteiger partial charge in [-0.3, -0.25) is 43.9 Å². The number of rotatable bonds is 21. The van der Waals surface area contributed by atoms with E-state index in [1.807, 2.05) is 32.2 Å². The second kappa shape index (κ2) is 22.4. The molecule has 6 heterocycles. The van der Waals surface area contributed by atoms with E-state index in [1.54, 1.807) is 18.2 Å². The van der Waals surface area contributed by atoms with Gasteiger partial charge < -0.3 is 24.5 Å². The van der Waals surface area contributed by atoms with Crippen LogP contribution in [0.5, 0.6) is 5.75 Å². The smallest absolute Gasteiger partial charge is 0.266 e. The van der Waals surface area contributed by atoms with E-state index >= 15 is 0 Å². The number of aromatic nitrogens is 3. The summed E-state index contributed by atoms with van der Waals surface area (Å²) in [7, 11) is 0. The molecule has 2 saturated heterocycles. The number of hydrogen-bond donors (Lipinski definition) is 3. The number of nitrogens with one attached hydrogen (secondary N) is 3. The molecular weight excluding hydrogens is 885 g/mol. The van der Waals surface area contributed by atoms with E-state index in [-0.39, 0.29) is 48.0 Å². The zero-order chi connectivity index (χ0) is 49.5. The van der Waals surface area contributed by atoms with Crippen LogP contribution in [0.25, 0.3) is 22.0 Å². The highest BCUT2D eigenvalue weighted by molar-refractivity contribution is 6.24. The van der Waals surface area contributed by atoms with Crippen molar-refractivity contribution in [1.29, 1.82) is 0 Å². The van der Waals surface area contributed by atoms with Gasteiger partial charge in [0.05, 0.1) is 17.7 Å². The molecule has 15 heteroatoms. The van der Waals surface area contributed by atoms with Gasteiger partial charge >= 0.3 is 0 Å². The second-order valence-electron chi connectivity index (χ2n) is 19.4. The van der Waals surface area contributed by atoms with E-state index in [0.717, 1.165) is 108 Å². The van der Waals surface area contributed by atoms with Crippen molar-refractivity contribution in [2.75, 3.05) is 44.2 Å². The van der Waals surface area contributed by atoms with Crippen molar-refractivity contribution in [2.24, 2.45) is 0 Å². The third-order valence-electron chi connectivity index (χ3n) is 14.4. The van der Waals surface area contributed by atoms with Crippen LogP contribution in [0.15, 0.2) is 65.7 Å². The van der Waals surface area contributed by atoms with Crippen molar-refractivity contribution in [3.05, 3.63) is 110 Å². The lowest BCUT2D eigenvalue weighted by Gasteiger charge is -2.35. The molecule has 3 aliphatic heterocycles. The van der Waals surface area contributed by atoms with E-state index in [0.29, 0.717) is 23.5 Å². The number of aryl methyl sites for hydroxylation is 3. The number of amides is 5. The molecule has 0 aliphatic carbocycles. The molecule has 3 aromatic heterocycles. The molecule has 3 aliphatic rings. The number of pyridine rings is 2. The van der Waals surface area contributed by atoms with E-state index in [2.05, 4.69) is 75.2 Å². The Labute approximate surface area is 410 Å². The van der Waals surface area contributed by atoms with E-state index in [1.165, 1.54) is 38.5 Å². The van der Waals surface area contributed by atoms with Crippen LogP contribution < -0.4 is 25.8 Å². The summed E-state index contributed by atoms with van der Waals surface area (Å²) in [5.41, 5.74) is 6.94. The fourth-order valence-corrected chi connectivity index (χ4v) is 10.3. The number of carbonyl (C=O) groups is 5. The minimum Gasteiger partial charge on any atom is -0.493 e. The third kappa shape index (κ3) is 11.0. The number of imide groups is 2. The number of H-pyrrole nitrogens is 1. The number of aromatic amines is 1. The Morgan fingerprint density at radius 3 is 2.26 bits per heavy atom. The first-order valence-corrected chi connectivity index (χ1v) is 25.4. The number of anilines is 1. The molecule has 2 unspecified atom stereocenters. The van der Waals surface area contributed by atoms with Crippen molar-refractivity contribution >= 4 is 46.3 Å². The van der Waals surface area contributed by atoms with Crippen molar-refractivity contribution < 1.29 is 28.7 Å². The maximum Gasteiger partial charge on any atom is 0.266 e. The van der Waals surface area contributed by atoms with Gasteiger partial charge in [0.1, 0.15) is 17.6 Å². The predicted octanol–water partition coefficient (Wildman–Crippen LogP) is 8.33. The van der Waals surface area contributed by atoms with Gasteiger partial charge in [-0.15, -0.1) is 0 Å². The molecule has 370 valence electrons. The quantitative estimate of drug-likeness (QED) is 0.0479. The summed E-state index contributed by atoms with van der Waals surface area (Å²) in [6.45, 7) is 15.7. The van der Waals surface area contributed by atoms with Crippen LogP contribution in [0, 0.1) is 20.8 Å². The van der Waals surface area contributed by atoms with Gasteiger partial charge in [-0.1, -0.05) is 57.9 Å². The SMILES string of the molecule is CCC(C)n1cc(C)c2c(C(=O)NCc3c(C)cc(C)[nH]c3=O)cc(-c3ccc(N4CCN(CCCCCCCCCCCOc5cccc6c5C(=O)N(C5CCC(=O)NC5=O)C6=O)CC4)nc3)cc21. The lowest BCUT2D eigenvalue weighted by Crippen LogP contribution is -2.54. The summed E-state index contributed by atoms with van der Waals surface area (Å²) < 4.78 is 8.26. The first kappa shape index (κ1) is 49.8. The average Bonchev–Trinajstić information content (AvgIpc) is 3.82. The number of hydrogen-bond acceptors (Lipinski definition) is 10. The Balaban J connectivity index is 0.736. The molecule has 70 heavy (non-hydrogen) atoms. The number of piperidine rings is 1. The summed E-state index contributed by atoms with van der Waals surface area (Å²) in [6, 6.07) is 14.5. The lowest BCUT2D eigenvalue weighted by atomic mass is 9.98. The number of fused-ring (bicyclic) bond motifs is 2. The molecule has 15 nitrogen and oxygen atoms in total. The molecule has 0 spiro atoms. The molecular formula is C55H68N8O7. The zero-order valence-corrected chi connectivity index (χ0v) is 41.5. The molecule has 8 rings (SSSR count). The van der Waals surface area contributed by atoms with Crippen molar-refractivity contribution in [3.63, 3.8) is 0 Å². The standard InChI is InChI=1S/C55H68N8O7/c1-6-38(5)62-34-36(3)49-42(51(65)57-33-43-35(2)29-37(4)58-52(43)66)30-40(31-45(49)62)39-19-21-47(56-32-39)61-26-24-60(25-27-61)23-14-12-10-8-7-9-11-13-15-28-70-46-18-16-17-41-50(46)55(69)63(54(41)68)44-20-22-48(64)59-53(44)67/h16-19,21,29-32,34,38,44H,6-15,20,22-28,33H2,1-5H3,(H,57,65)(H,58,66)(H,59,64,67). The fourth-order valence-electron chi connectivity index (χ4n) is 10.3. The highest BCUT2D eigenvalue weighted by atomic mass is 16.5. The highest BCUT2D eigenvalue weighted by Gasteiger charge is 2.46. The largest absolute Gasteiger partial charge is 0.493 e. The summed E-state index contributed by atoms with van der Waals surface area (Å²) >= 11 is 0. The van der Waals surface area contributed by atoms with E-state index < -0.39 is 29.7 Å². The molecule has 3 N–H and O–H groups in total. The molecule has 5 aromatic rings. The maximum absolute atomic E-state index is 14.0. The number of nitrogens with zero attached hydrogens (tertiary/aromatic N) is 5. The van der Waals surface area contributed by atoms with Gasteiger partial charge in [-0.25, -0.2) is 4.98 Å². The maximum atomic E-state index is 14.0. The number of benzene rings is 2. The van der Waals surface area contributed by atoms with Crippen LogP contribution in [0.4, 0.5) is 5.82 Å². The topological polar surface area (TPSA) is 179 Å². The van der Waals surface area contributed by atoms with Crippen LogP contribution in [-0.2, 0) is 16.1 Å². The van der Waals surface area contributed by atoms with Gasteiger partial charge in [0.2, 0.25) is 11.8 Å². The fraction of sp³-hybridized carbons (Fsp3) is 0.473. The minimum absolute atomic E-state index is 0.0794. The molecule has 2 aromatic carbocycles. The second-order valence-corrected chi connectivity index (χ2v) is 19.4. The van der Waals surface area contributed by atoms with Crippen LogP contribution in [0.2, 0.25) is 0 Å². The van der Waals surface area contributed by atoms with Gasteiger partial charge in [0, 0.05) is 90.9 Å². The van der Waals surface area contributed by atoms with Crippen LogP contribution in [0.3, 0.4) is 0 Å². The molecule has 2 fully saturated rings. The zero-order valence-electron chi connectivity index (χ0n) is 41.5. The average molecular weight is 953 g/mol. The number of carbonyl (C=O) groups excluding carboxylic acids is 5. The normalized spacial score (nSPS) is 16.8. The molecule has 0 saturated carbocycles. The molecule has 0 bridgehead atoms. The monoisotopic (exact) mass is 953 g/mol. The number of unbranched alkanes of at least 4 members (excludes halogenated alkanes) is 8. The van der Waals surface area contributed by atoms with Crippen LogP contribution in [-0.4, -0.2) is 99.2 Å². The van der Waals surface area contributed by atoms with Gasteiger partial charge in [-0.05, 0) is 119 Å².